The summed E-state index contributed by atoms with van der Waals surface area (Å²) in [5, 5.41) is 8.23. The van der Waals surface area contributed by atoms with Gasteiger partial charge in [0, 0.05) is 113 Å². The molecule has 4 saturated heterocycles. The zero-order valence-electron chi connectivity index (χ0n) is 48.3. The molecule has 1 N–H and O–H groups in total. The number of H-pyrrole nitrogens is 1. The maximum Gasteiger partial charge on any atom is 0.410 e. The van der Waals surface area contributed by atoms with Crippen LogP contribution in [0.4, 0.5) is 9.18 Å². The van der Waals surface area contributed by atoms with Crippen molar-refractivity contribution in [3.8, 4) is 0 Å². The third kappa shape index (κ3) is 15.4. The number of carbonyl (C=O) groups is 6. The first-order valence-electron chi connectivity index (χ1n) is 30.0. The first-order chi connectivity index (χ1) is 39.0. The number of hydrogen-bond acceptors (Lipinski definition) is 11. The predicted molar refractivity (Wildman–Crippen MR) is 307 cm³/mol. The molecule has 1 saturated carbocycles. The van der Waals surface area contributed by atoms with Crippen LogP contribution in [0.15, 0.2) is 47.3 Å². The number of ether oxygens (including phenoxy) is 1. The number of piperazine rings is 2. The zero-order chi connectivity index (χ0) is 57.2. The van der Waals surface area contributed by atoms with Crippen LogP contribution in [-0.4, -0.2) is 208 Å². The van der Waals surface area contributed by atoms with Crippen LogP contribution in [0.25, 0.3) is 12.2 Å². The van der Waals surface area contributed by atoms with Crippen molar-refractivity contribution in [2.24, 2.45) is 5.92 Å². The number of amides is 6. The van der Waals surface area contributed by atoms with Crippen molar-refractivity contribution in [2.75, 3.05) is 111 Å². The van der Waals surface area contributed by atoms with Crippen LogP contribution >= 0.6 is 0 Å². The number of aromatic nitrogens is 2. The third-order valence-corrected chi connectivity index (χ3v) is 17.3. The first kappa shape index (κ1) is 59.2. The highest BCUT2D eigenvalue weighted by Gasteiger charge is 2.35. The van der Waals surface area contributed by atoms with Gasteiger partial charge in [-0.3, -0.25) is 43.5 Å². The number of aromatic amines is 1. The topological polar surface area (TPSA) is 183 Å². The molecule has 81 heavy (non-hydrogen) atoms. The van der Waals surface area contributed by atoms with Gasteiger partial charge in [0.25, 0.3) is 17.4 Å². The highest BCUT2D eigenvalue weighted by molar-refractivity contribution is 5.97. The molecule has 5 heterocycles. The van der Waals surface area contributed by atoms with Crippen LogP contribution in [0, 0.1) is 11.7 Å². The monoisotopic (exact) mass is 1120 g/mol. The summed E-state index contributed by atoms with van der Waals surface area (Å²) in [6, 6.07) is 12.3. The minimum absolute atomic E-state index is 0.00706. The summed E-state index contributed by atoms with van der Waals surface area (Å²) in [5.74, 6) is -0.715. The summed E-state index contributed by atoms with van der Waals surface area (Å²) in [7, 11) is 0. The number of rotatable bonds is 16. The average Bonchev–Trinajstić information content (AvgIpc) is 3.48. The number of fused-ring (bicyclic) bond motifs is 1. The lowest BCUT2D eigenvalue weighted by Crippen LogP contribution is -2.54. The van der Waals surface area contributed by atoms with E-state index in [9.17, 15) is 33.6 Å². The molecule has 1 atom stereocenters. The van der Waals surface area contributed by atoms with Crippen LogP contribution in [0.5, 0.6) is 0 Å². The van der Waals surface area contributed by atoms with Gasteiger partial charge >= 0.3 is 6.09 Å². The van der Waals surface area contributed by atoms with Gasteiger partial charge < -0.3 is 29.2 Å². The average molecular weight is 1120 g/mol. The predicted octanol–water partition coefficient (Wildman–Crippen LogP) is 4.82. The highest BCUT2D eigenvalue weighted by atomic mass is 19.1. The van der Waals surface area contributed by atoms with E-state index < -0.39 is 23.4 Å². The van der Waals surface area contributed by atoms with E-state index in [1.54, 1.807) is 21.9 Å². The molecule has 6 aliphatic rings. The fourth-order valence-corrected chi connectivity index (χ4v) is 12.7. The molecule has 1 unspecified atom stereocenters. The Balaban J connectivity index is 0.706. The Morgan fingerprint density at radius 3 is 2.11 bits per heavy atom. The van der Waals surface area contributed by atoms with Crippen molar-refractivity contribution in [3.05, 3.63) is 97.0 Å². The lowest BCUT2D eigenvalue weighted by atomic mass is 9.89. The SMILES string of the molecule is CCCN(CC(=O)N1CCCC(c2cccc(C(=O)N(CC(=O)N3CCN(CC4CCN(CC(=O)N5CCN(C(=O)c6cc(Cc7n[nH]c(=O)c8c7=CCCC=8)ccc6F)CC5)CC4)CC3)C3CCCCC3)c2)C1)C(=O)OC(C)(C)C. The number of likely N-dealkylation sites (tertiary alicyclic amines) is 2. The molecule has 18 nitrogen and oxygen atoms in total. The fourth-order valence-electron chi connectivity index (χ4n) is 12.7. The quantitative estimate of drug-likeness (QED) is 0.208. The number of benzene rings is 2. The van der Waals surface area contributed by atoms with Crippen molar-refractivity contribution in [1.82, 2.24) is 49.4 Å². The minimum atomic E-state index is -0.665. The highest BCUT2D eigenvalue weighted by Crippen LogP contribution is 2.30. The Labute approximate surface area is 476 Å². The van der Waals surface area contributed by atoms with Crippen LogP contribution in [-0.2, 0) is 25.5 Å². The van der Waals surface area contributed by atoms with Crippen molar-refractivity contribution in [2.45, 2.75) is 129 Å². The van der Waals surface area contributed by atoms with Crippen LogP contribution in [0.1, 0.15) is 148 Å². The van der Waals surface area contributed by atoms with E-state index in [2.05, 4.69) is 20.0 Å². The number of carbonyl (C=O) groups excluding carboxylic acids is 6. The molecule has 1 aromatic heterocycles. The van der Waals surface area contributed by atoms with Gasteiger partial charge in [-0.1, -0.05) is 56.5 Å². The molecule has 5 fully saturated rings. The Morgan fingerprint density at radius 1 is 0.716 bits per heavy atom. The summed E-state index contributed by atoms with van der Waals surface area (Å²) >= 11 is 0. The van der Waals surface area contributed by atoms with Gasteiger partial charge in [-0.25, -0.2) is 14.3 Å². The van der Waals surface area contributed by atoms with Crippen molar-refractivity contribution in [1.29, 1.82) is 0 Å². The van der Waals surface area contributed by atoms with E-state index in [0.29, 0.717) is 106 Å². The summed E-state index contributed by atoms with van der Waals surface area (Å²) in [6.45, 7) is 16.0. The van der Waals surface area contributed by atoms with E-state index in [0.717, 1.165) is 114 Å². The summed E-state index contributed by atoms with van der Waals surface area (Å²) in [6.07, 6.45) is 14.6. The molecular formula is C62H85FN10O8. The summed E-state index contributed by atoms with van der Waals surface area (Å²) in [4.78, 5) is 110. The van der Waals surface area contributed by atoms with Gasteiger partial charge in [0.15, 0.2) is 0 Å². The Kier molecular flexibility index (Phi) is 19.8. The number of piperidine rings is 2. The van der Waals surface area contributed by atoms with Crippen LogP contribution in [0.2, 0.25) is 0 Å². The molecule has 0 radical (unpaired) electrons. The molecule has 0 spiro atoms. The lowest BCUT2D eigenvalue weighted by Gasteiger charge is -2.40. The minimum Gasteiger partial charge on any atom is -0.444 e. The van der Waals surface area contributed by atoms with Crippen molar-refractivity contribution in [3.63, 3.8) is 0 Å². The molecule has 2 aliphatic carbocycles. The van der Waals surface area contributed by atoms with Gasteiger partial charge in [-0.2, -0.15) is 5.10 Å². The number of nitrogens with one attached hydrogen (secondary N) is 1. The largest absolute Gasteiger partial charge is 0.444 e. The Hall–Kier alpha value is -6.47. The smallest absolute Gasteiger partial charge is 0.410 e. The van der Waals surface area contributed by atoms with Crippen molar-refractivity contribution >= 4 is 47.8 Å². The van der Waals surface area contributed by atoms with Gasteiger partial charge in [0.05, 0.1) is 17.8 Å². The second-order valence-electron chi connectivity index (χ2n) is 24.3. The summed E-state index contributed by atoms with van der Waals surface area (Å²) in [5.41, 5.74) is 2.03. The van der Waals surface area contributed by atoms with E-state index >= 15 is 4.39 Å². The molecular weight excluding hydrogens is 1030 g/mol. The lowest BCUT2D eigenvalue weighted by molar-refractivity contribution is -0.135. The van der Waals surface area contributed by atoms with Gasteiger partial charge in [0.2, 0.25) is 17.7 Å². The molecule has 0 bridgehead atoms. The van der Waals surface area contributed by atoms with Crippen LogP contribution < -0.4 is 16.0 Å². The van der Waals surface area contributed by atoms with E-state index in [-0.39, 0.29) is 59.8 Å². The molecule has 2 aromatic carbocycles. The van der Waals surface area contributed by atoms with Gasteiger partial charge in [0.1, 0.15) is 24.5 Å². The maximum absolute atomic E-state index is 15.2. The van der Waals surface area contributed by atoms with E-state index in [1.165, 1.54) is 11.0 Å². The molecule has 6 amide bonds. The summed E-state index contributed by atoms with van der Waals surface area (Å²) < 4.78 is 20.8. The van der Waals surface area contributed by atoms with E-state index in [1.807, 2.05) is 78.8 Å². The van der Waals surface area contributed by atoms with Gasteiger partial charge in [-0.15, -0.1) is 0 Å². The number of hydrogen-bond donors (Lipinski definition) is 1. The normalized spacial score (nSPS) is 19.7. The zero-order valence-corrected chi connectivity index (χ0v) is 48.3. The van der Waals surface area contributed by atoms with E-state index in [4.69, 9.17) is 4.74 Å². The molecule has 4 aliphatic heterocycles. The Bertz CT molecular complexity index is 2930. The maximum atomic E-state index is 15.2. The Morgan fingerprint density at radius 2 is 1.40 bits per heavy atom. The fraction of sp³-hybridized carbons (Fsp3) is 0.613. The number of halogens is 1. The second kappa shape index (κ2) is 27.1. The van der Waals surface area contributed by atoms with Crippen LogP contribution in [0.3, 0.4) is 0 Å². The molecule has 9 rings (SSSR count). The van der Waals surface area contributed by atoms with Crippen molar-refractivity contribution < 1.29 is 37.9 Å². The standard InChI is InChI=1S/C62H85FN10O8/c1-5-24-72(61(80)81-62(2,3)4)42-56(75)71-25-12-15-48(40-71)46-13-11-14-47(38-46)59(78)73(49-16-7-6-8-17-49)43-57(76)68-30-28-67(29-31-68)39-44-22-26-66(27-23-44)41-55(74)69-32-34-70(35-33-69)60(79)52-36-45(20-21-53(52)63)37-54-50-18-9-10-19-51(50)58(77)65-64-54/h11,13-14,18-21,36,38,44,48-49H,5-10,12,15-17,22-35,37,39-43H2,1-4H3,(H,65,77). The first-order valence-corrected chi connectivity index (χ1v) is 30.0. The molecule has 19 heteroatoms. The van der Waals surface area contributed by atoms with Gasteiger partial charge in [-0.05, 0) is 133 Å². The number of nitrogens with zero attached hydrogens (tertiary/aromatic N) is 9. The second-order valence-corrected chi connectivity index (χ2v) is 24.3. The third-order valence-electron chi connectivity index (χ3n) is 17.3. The molecule has 438 valence electrons. The molecule has 3 aromatic rings.